The van der Waals surface area contributed by atoms with Crippen molar-refractivity contribution in [2.45, 2.75) is 58.0 Å². The highest BCUT2D eigenvalue weighted by Crippen LogP contribution is 2.28. The number of aryl methyl sites for hydroxylation is 1. The fraction of sp³-hybridized carbons (Fsp3) is 0.462. The molecule has 3 rings (SSSR count). The minimum Gasteiger partial charge on any atom is -0.352 e. The van der Waals surface area contributed by atoms with Crippen molar-refractivity contribution in [2.75, 3.05) is 23.7 Å². The van der Waals surface area contributed by atoms with E-state index in [9.17, 15) is 28.1 Å². The molecule has 1 atom stereocenters. The van der Waals surface area contributed by atoms with Crippen molar-refractivity contribution in [3.63, 3.8) is 0 Å². The first kappa shape index (κ1) is 28.1. The Morgan fingerprint density at radius 2 is 1.78 bits per heavy atom. The molecule has 10 nitrogen and oxygen atoms in total. The van der Waals surface area contributed by atoms with Crippen LogP contribution < -0.4 is 9.62 Å². The van der Waals surface area contributed by atoms with Gasteiger partial charge in [-0.25, -0.2) is 8.42 Å². The lowest BCUT2D eigenvalue weighted by atomic mass is 10.1. The molecule has 2 aromatic rings. The Kier molecular flexibility index (Phi) is 9.25. The number of hydrogen-bond donors (Lipinski definition) is 1. The number of benzene rings is 2. The molecule has 1 aliphatic rings. The summed E-state index contributed by atoms with van der Waals surface area (Å²) in [7, 11) is -3.98. The van der Waals surface area contributed by atoms with Gasteiger partial charge in [0.25, 0.3) is 5.69 Å². The molecule has 0 heterocycles. The Morgan fingerprint density at radius 3 is 2.38 bits per heavy atom. The summed E-state index contributed by atoms with van der Waals surface area (Å²) in [6, 6.07) is 12.6. The number of carbonyl (C=O) groups is 2. The largest absolute Gasteiger partial charge is 0.352 e. The number of nitrogens with one attached hydrogen (secondary N) is 1. The number of rotatable bonds is 11. The van der Waals surface area contributed by atoms with E-state index in [4.69, 9.17) is 0 Å². The number of hydrogen-bond acceptors (Lipinski definition) is 6. The van der Waals surface area contributed by atoms with Gasteiger partial charge in [0.2, 0.25) is 21.8 Å². The summed E-state index contributed by atoms with van der Waals surface area (Å²) in [6.07, 6.45) is 5.30. The van der Waals surface area contributed by atoms with Crippen LogP contribution in [0.5, 0.6) is 0 Å². The van der Waals surface area contributed by atoms with Crippen LogP contribution in [0.3, 0.4) is 0 Å². The Bertz CT molecular complexity index is 1230. The van der Waals surface area contributed by atoms with Crippen LogP contribution in [0.25, 0.3) is 0 Å². The van der Waals surface area contributed by atoms with Gasteiger partial charge < -0.3 is 10.2 Å². The van der Waals surface area contributed by atoms with Gasteiger partial charge in [-0.1, -0.05) is 49.2 Å². The smallest absolute Gasteiger partial charge is 0.271 e. The molecule has 1 fully saturated rings. The van der Waals surface area contributed by atoms with E-state index >= 15 is 0 Å². The quantitative estimate of drug-likeness (QED) is 0.351. The van der Waals surface area contributed by atoms with E-state index in [1.165, 1.54) is 17.0 Å². The molecular weight excluding hydrogens is 496 g/mol. The van der Waals surface area contributed by atoms with E-state index in [1.54, 1.807) is 13.8 Å². The van der Waals surface area contributed by atoms with Gasteiger partial charge >= 0.3 is 0 Å². The summed E-state index contributed by atoms with van der Waals surface area (Å²) < 4.78 is 26.4. The molecule has 200 valence electrons. The molecular formula is C26H34N4O6S. The van der Waals surface area contributed by atoms with Gasteiger partial charge in [0, 0.05) is 24.7 Å². The standard InChI is InChI=1S/C26H34N4O6S/c1-19-13-14-23(30(33)34)17-24(19)29(37(3,35)36)18-25(31)28(16-15-21-9-5-4-6-10-21)20(2)26(32)27-22-11-7-8-12-22/h4-6,9-10,13-14,17,20,22H,7-8,11-12,15-16,18H2,1-3H3,(H,27,32). The summed E-state index contributed by atoms with van der Waals surface area (Å²) in [6.45, 7) is 2.87. The number of sulfonamides is 1. The third-order valence-electron chi connectivity index (χ3n) is 6.70. The van der Waals surface area contributed by atoms with Crippen molar-refractivity contribution in [3.8, 4) is 0 Å². The highest BCUT2D eigenvalue weighted by Gasteiger charge is 2.32. The van der Waals surface area contributed by atoms with Crippen molar-refractivity contribution >= 4 is 33.2 Å². The van der Waals surface area contributed by atoms with Crippen LogP contribution in [0.15, 0.2) is 48.5 Å². The van der Waals surface area contributed by atoms with E-state index in [-0.39, 0.29) is 29.9 Å². The molecule has 2 aromatic carbocycles. The average Bonchev–Trinajstić information content (AvgIpc) is 3.36. The molecule has 0 bridgehead atoms. The Labute approximate surface area is 217 Å². The minimum atomic E-state index is -3.98. The molecule has 1 N–H and O–H groups in total. The monoisotopic (exact) mass is 530 g/mol. The molecule has 37 heavy (non-hydrogen) atoms. The van der Waals surface area contributed by atoms with Gasteiger partial charge in [-0.15, -0.1) is 0 Å². The third-order valence-corrected chi connectivity index (χ3v) is 7.83. The second-order valence-corrected chi connectivity index (χ2v) is 11.4. The summed E-state index contributed by atoms with van der Waals surface area (Å²) in [5.74, 6) is -0.855. The topological polar surface area (TPSA) is 130 Å². The van der Waals surface area contributed by atoms with Crippen molar-refractivity contribution in [1.29, 1.82) is 0 Å². The van der Waals surface area contributed by atoms with Crippen LogP contribution in [0, 0.1) is 17.0 Å². The molecule has 11 heteroatoms. The molecule has 1 unspecified atom stereocenters. The van der Waals surface area contributed by atoms with E-state index in [2.05, 4.69) is 5.32 Å². The molecule has 2 amide bonds. The Balaban J connectivity index is 1.89. The fourth-order valence-corrected chi connectivity index (χ4v) is 5.44. The maximum absolute atomic E-state index is 13.6. The lowest BCUT2D eigenvalue weighted by molar-refractivity contribution is -0.384. The summed E-state index contributed by atoms with van der Waals surface area (Å²) in [5.41, 5.74) is 1.20. The first-order valence-electron chi connectivity index (χ1n) is 12.3. The zero-order valence-corrected chi connectivity index (χ0v) is 22.2. The van der Waals surface area contributed by atoms with E-state index in [1.807, 2.05) is 30.3 Å². The summed E-state index contributed by atoms with van der Waals surface area (Å²) >= 11 is 0. The van der Waals surface area contributed by atoms with E-state index in [0.717, 1.165) is 47.9 Å². The first-order valence-corrected chi connectivity index (χ1v) is 14.2. The van der Waals surface area contributed by atoms with Gasteiger partial charge in [-0.05, 0) is 44.2 Å². The van der Waals surface area contributed by atoms with Gasteiger partial charge in [0.1, 0.15) is 12.6 Å². The number of non-ortho nitro benzene ring substituents is 1. The molecule has 0 spiro atoms. The number of nitrogens with zero attached hydrogens (tertiary/aromatic N) is 3. The van der Waals surface area contributed by atoms with Crippen molar-refractivity contribution < 1.29 is 22.9 Å². The number of carbonyl (C=O) groups excluding carboxylic acids is 2. The second-order valence-electron chi connectivity index (χ2n) is 9.49. The van der Waals surface area contributed by atoms with Crippen LogP contribution in [0.1, 0.15) is 43.7 Å². The van der Waals surface area contributed by atoms with E-state index < -0.39 is 33.4 Å². The Hall–Kier alpha value is -3.47. The van der Waals surface area contributed by atoms with Gasteiger partial charge in [0.05, 0.1) is 16.9 Å². The highest BCUT2D eigenvalue weighted by atomic mass is 32.2. The lowest BCUT2D eigenvalue weighted by Gasteiger charge is -2.32. The van der Waals surface area contributed by atoms with Crippen molar-refractivity contribution in [3.05, 3.63) is 69.8 Å². The SMILES string of the molecule is Cc1ccc([N+](=O)[O-])cc1N(CC(=O)N(CCc1ccccc1)C(C)C(=O)NC1CCCC1)S(C)(=O)=O. The fourth-order valence-electron chi connectivity index (χ4n) is 4.54. The van der Waals surface area contributed by atoms with Crippen LogP contribution >= 0.6 is 0 Å². The zero-order valence-electron chi connectivity index (χ0n) is 21.4. The predicted molar refractivity (Wildman–Crippen MR) is 142 cm³/mol. The number of amides is 2. The molecule has 0 aromatic heterocycles. The predicted octanol–water partition coefficient (Wildman–Crippen LogP) is 3.19. The van der Waals surface area contributed by atoms with Crippen LogP contribution in [0.4, 0.5) is 11.4 Å². The molecule has 0 radical (unpaired) electrons. The molecule has 0 aliphatic heterocycles. The molecule has 0 saturated heterocycles. The Morgan fingerprint density at radius 1 is 1.14 bits per heavy atom. The average molecular weight is 531 g/mol. The van der Waals surface area contributed by atoms with Crippen molar-refractivity contribution in [2.24, 2.45) is 0 Å². The van der Waals surface area contributed by atoms with E-state index in [0.29, 0.717) is 12.0 Å². The number of anilines is 1. The van der Waals surface area contributed by atoms with Crippen LogP contribution in [-0.2, 0) is 26.0 Å². The lowest BCUT2D eigenvalue weighted by Crippen LogP contribution is -2.53. The van der Waals surface area contributed by atoms with Gasteiger partial charge in [0.15, 0.2) is 0 Å². The minimum absolute atomic E-state index is 0.0520. The van der Waals surface area contributed by atoms with Crippen LogP contribution in [0.2, 0.25) is 0 Å². The number of nitro groups is 1. The molecule has 1 saturated carbocycles. The normalized spacial score (nSPS) is 14.7. The second kappa shape index (κ2) is 12.2. The van der Waals surface area contributed by atoms with Gasteiger partial charge in [-0.3, -0.25) is 24.0 Å². The van der Waals surface area contributed by atoms with Crippen molar-refractivity contribution in [1.82, 2.24) is 10.2 Å². The summed E-state index contributed by atoms with van der Waals surface area (Å²) in [4.78, 5) is 38.8. The summed E-state index contributed by atoms with van der Waals surface area (Å²) in [5, 5.41) is 14.3. The maximum atomic E-state index is 13.6. The molecule has 1 aliphatic carbocycles. The maximum Gasteiger partial charge on any atom is 0.271 e. The first-order chi connectivity index (χ1) is 17.5. The highest BCUT2D eigenvalue weighted by molar-refractivity contribution is 7.92. The van der Waals surface area contributed by atoms with Crippen LogP contribution in [-0.4, -0.2) is 61.5 Å². The van der Waals surface area contributed by atoms with Gasteiger partial charge in [-0.2, -0.15) is 0 Å². The third kappa shape index (κ3) is 7.51. The number of nitro benzene ring substituents is 1. The zero-order chi connectivity index (χ0) is 27.2.